The number of H-pyrrole nitrogens is 1. The Labute approximate surface area is 167 Å². The standard InChI is InChI=1S/C24H19N3O2/c1-15-2-4-17(5-3-15)23(29)18-8-6-16(7-9-18)20-12-21-19(10-11-22(25)28)13-26-24(21)27-14-20/h2-14H,1H3,(H2,25,28)(H,26,27)/b11-10+. The Kier molecular flexibility index (Phi) is 4.79. The van der Waals surface area contributed by atoms with Crippen molar-refractivity contribution < 1.29 is 9.59 Å². The fourth-order valence-corrected chi connectivity index (χ4v) is 3.18. The molecule has 0 saturated carbocycles. The van der Waals surface area contributed by atoms with Gasteiger partial charge in [0.25, 0.3) is 0 Å². The minimum atomic E-state index is -0.503. The molecule has 0 fully saturated rings. The first-order valence-corrected chi connectivity index (χ1v) is 9.18. The molecule has 0 aliphatic heterocycles. The van der Waals surface area contributed by atoms with Crippen molar-refractivity contribution in [3.05, 3.63) is 95.3 Å². The van der Waals surface area contributed by atoms with Crippen LogP contribution < -0.4 is 5.73 Å². The molecule has 29 heavy (non-hydrogen) atoms. The summed E-state index contributed by atoms with van der Waals surface area (Å²) in [6.45, 7) is 1.99. The van der Waals surface area contributed by atoms with Crippen LogP contribution in [0.4, 0.5) is 0 Å². The molecule has 0 aliphatic rings. The van der Waals surface area contributed by atoms with Crippen molar-refractivity contribution >= 4 is 28.8 Å². The van der Waals surface area contributed by atoms with Gasteiger partial charge in [0.2, 0.25) is 5.91 Å². The number of pyridine rings is 1. The van der Waals surface area contributed by atoms with Crippen LogP contribution in [-0.2, 0) is 4.79 Å². The zero-order chi connectivity index (χ0) is 20.4. The number of primary amides is 1. The van der Waals surface area contributed by atoms with Gasteiger partial charge in [0.1, 0.15) is 5.65 Å². The zero-order valence-electron chi connectivity index (χ0n) is 15.8. The number of benzene rings is 2. The molecule has 0 aliphatic carbocycles. The fourth-order valence-electron chi connectivity index (χ4n) is 3.18. The third-order valence-electron chi connectivity index (χ3n) is 4.78. The van der Waals surface area contributed by atoms with Gasteiger partial charge in [0.05, 0.1) is 0 Å². The quantitative estimate of drug-likeness (QED) is 0.400. The third kappa shape index (κ3) is 3.84. The van der Waals surface area contributed by atoms with Gasteiger partial charge < -0.3 is 10.7 Å². The maximum Gasteiger partial charge on any atom is 0.241 e. The molecule has 5 heteroatoms. The van der Waals surface area contributed by atoms with E-state index in [1.807, 2.05) is 61.5 Å². The van der Waals surface area contributed by atoms with E-state index in [1.165, 1.54) is 6.08 Å². The molecular formula is C24H19N3O2. The van der Waals surface area contributed by atoms with Crippen molar-refractivity contribution in [3.8, 4) is 11.1 Å². The van der Waals surface area contributed by atoms with E-state index in [0.29, 0.717) is 11.1 Å². The van der Waals surface area contributed by atoms with Crippen molar-refractivity contribution in [1.29, 1.82) is 0 Å². The van der Waals surface area contributed by atoms with E-state index < -0.39 is 5.91 Å². The van der Waals surface area contributed by atoms with Crippen LogP contribution in [0, 0.1) is 6.92 Å². The van der Waals surface area contributed by atoms with Crippen LogP contribution in [0.5, 0.6) is 0 Å². The average Bonchev–Trinajstić information content (AvgIpc) is 3.14. The molecule has 0 radical (unpaired) electrons. The van der Waals surface area contributed by atoms with E-state index in [9.17, 15) is 9.59 Å². The predicted molar refractivity (Wildman–Crippen MR) is 114 cm³/mol. The summed E-state index contributed by atoms with van der Waals surface area (Å²) in [5.41, 5.74) is 11.0. The molecule has 2 aromatic carbocycles. The van der Waals surface area contributed by atoms with E-state index in [-0.39, 0.29) is 5.78 Å². The summed E-state index contributed by atoms with van der Waals surface area (Å²) in [7, 11) is 0. The molecule has 1 amide bonds. The maximum atomic E-state index is 12.7. The number of aromatic nitrogens is 2. The number of fused-ring (bicyclic) bond motifs is 1. The molecule has 2 heterocycles. The highest BCUT2D eigenvalue weighted by molar-refractivity contribution is 6.09. The number of hydrogen-bond acceptors (Lipinski definition) is 3. The Hall–Kier alpha value is -3.99. The van der Waals surface area contributed by atoms with Crippen LogP contribution in [0.1, 0.15) is 27.0 Å². The number of aromatic amines is 1. The number of carbonyl (C=O) groups excluding carboxylic acids is 2. The molecule has 2 aromatic heterocycles. The third-order valence-corrected chi connectivity index (χ3v) is 4.78. The van der Waals surface area contributed by atoms with Gasteiger partial charge in [-0.2, -0.15) is 0 Å². The molecule has 5 nitrogen and oxygen atoms in total. The topological polar surface area (TPSA) is 88.8 Å². The molecule has 0 unspecified atom stereocenters. The molecule has 4 aromatic rings. The van der Waals surface area contributed by atoms with Gasteiger partial charge in [-0.3, -0.25) is 9.59 Å². The summed E-state index contributed by atoms with van der Waals surface area (Å²) in [5.74, 6) is -0.507. The fraction of sp³-hybridized carbons (Fsp3) is 0.0417. The zero-order valence-corrected chi connectivity index (χ0v) is 15.8. The van der Waals surface area contributed by atoms with E-state index in [4.69, 9.17) is 5.73 Å². The van der Waals surface area contributed by atoms with Crippen molar-refractivity contribution in [2.75, 3.05) is 0 Å². The van der Waals surface area contributed by atoms with Crippen LogP contribution in [0.3, 0.4) is 0 Å². The molecule has 0 atom stereocenters. The number of aryl methyl sites for hydroxylation is 1. The second-order valence-electron chi connectivity index (χ2n) is 6.87. The number of hydrogen-bond donors (Lipinski definition) is 2. The van der Waals surface area contributed by atoms with Crippen LogP contribution in [0.2, 0.25) is 0 Å². The molecular weight excluding hydrogens is 362 g/mol. The van der Waals surface area contributed by atoms with Crippen LogP contribution in [0.25, 0.3) is 28.2 Å². The Morgan fingerprint density at radius 2 is 1.62 bits per heavy atom. The second kappa shape index (κ2) is 7.56. The summed E-state index contributed by atoms with van der Waals surface area (Å²) in [6.07, 6.45) is 6.54. The average molecular weight is 381 g/mol. The molecule has 142 valence electrons. The van der Waals surface area contributed by atoms with Gasteiger partial charge in [0, 0.05) is 46.1 Å². The van der Waals surface area contributed by atoms with E-state index in [1.54, 1.807) is 18.5 Å². The molecule has 4 rings (SSSR count). The Bertz CT molecular complexity index is 1230. The first-order chi connectivity index (χ1) is 14.0. The molecule has 3 N–H and O–H groups in total. The van der Waals surface area contributed by atoms with Crippen LogP contribution in [0.15, 0.2) is 73.1 Å². The Morgan fingerprint density at radius 1 is 0.966 bits per heavy atom. The summed E-state index contributed by atoms with van der Waals surface area (Å²) in [6, 6.07) is 17.0. The lowest BCUT2D eigenvalue weighted by Crippen LogP contribution is -2.04. The number of ketones is 1. The highest BCUT2D eigenvalue weighted by atomic mass is 16.1. The number of carbonyl (C=O) groups is 2. The summed E-state index contributed by atoms with van der Waals surface area (Å²) in [4.78, 5) is 31.2. The van der Waals surface area contributed by atoms with Crippen molar-refractivity contribution in [2.24, 2.45) is 5.73 Å². The minimum Gasteiger partial charge on any atom is -0.366 e. The van der Waals surface area contributed by atoms with Crippen molar-refractivity contribution in [3.63, 3.8) is 0 Å². The number of rotatable bonds is 5. The lowest BCUT2D eigenvalue weighted by Gasteiger charge is -2.05. The first-order valence-electron chi connectivity index (χ1n) is 9.18. The monoisotopic (exact) mass is 381 g/mol. The minimum absolute atomic E-state index is 0.00497. The lowest BCUT2D eigenvalue weighted by atomic mass is 9.99. The lowest BCUT2D eigenvalue weighted by molar-refractivity contribution is -0.113. The molecule has 0 saturated heterocycles. The van der Waals surface area contributed by atoms with Gasteiger partial charge in [-0.05, 0) is 24.6 Å². The van der Waals surface area contributed by atoms with E-state index in [2.05, 4.69) is 9.97 Å². The normalized spacial score (nSPS) is 11.2. The van der Waals surface area contributed by atoms with Gasteiger partial charge in [-0.15, -0.1) is 0 Å². The molecule has 0 bridgehead atoms. The summed E-state index contributed by atoms with van der Waals surface area (Å²) >= 11 is 0. The number of nitrogens with one attached hydrogen (secondary N) is 1. The highest BCUT2D eigenvalue weighted by Crippen LogP contribution is 2.26. The highest BCUT2D eigenvalue weighted by Gasteiger charge is 2.10. The summed E-state index contributed by atoms with van der Waals surface area (Å²) in [5, 5.41) is 0.889. The van der Waals surface area contributed by atoms with Gasteiger partial charge >= 0.3 is 0 Å². The van der Waals surface area contributed by atoms with Gasteiger partial charge in [-0.1, -0.05) is 54.1 Å². The second-order valence-corrected chi connectivity index (χ2v) is 6.87. The van der Waals surface area contributed by atoms with Crippen molar-refractivity contribution in [2.45, 2.75) is 6.92 Å². The van der Waals surface area contributed by atoms with E-state index in [0.717, 1.165) is 33.3 Å². The largest absolute Gasteiger partial charge is 0.366 e. The number of amides is 1. The van der Waals surface area contributed by atoms with Crippen LogP contribution >= 0.6 is 0 Å². The van der Waals surface area contributed by atoms with Gasteiger partial charge in [-0.25, -0.2) is 4.98 Å². The van der Waals surface area contributed by atoms with Crippen LogP contribution in [-0.4, -0.2) is 21.7 Å². The van der Waals surface area contributed by atoms with Crippen molar-refractivity contribution in [1.82, 2.24) is 9.97 Å². The number of nitrogens with two attached hydrogens (primary N) is 1. The SMILES string of the molecule is Cc1ccc(C(=O)c2ccc(-c3cnc4[nH]cc(/C=C/C(N)=O)c4c3)cc2)cc1. The molecule has 0 spiro atoms. The Morgan fingerprint density at radius 3 is 2.28 bits per heavy atom. The predicted octanol–water partition coefficient (Wildman–Crippen LogP) is 4.27. The smallest absolute Gasteiger partial charge is 0.241 e. The number of nitrogens with zero attached hydrogens (tertiary/aromatic N) is 1. The summed E-state index contributed by atoms with van der Waals surface area (Å²) < 4.78 is 0. The maximum absolute atomic E-state index is 12.7. The first kappa shape index (κ1) is 18.4. The van der Waals surface area contributed by atoms with E-state index >= 15 is 0 Å². The van der Waals surface area contributed by atoms with Gasteiger partial charge in [0.15, 0.2) is 5.78 Å². The Balaban J connectivity index is 1.64.